The van der Waals surface area contributed by atoms with Crippen LogP contribution in [0.5, 0.6) is 0 Å². The number of H-pyrrole nitrogens is 1. The average Bonchev–Trinajstić information content (AvgIpc) is 3.46. The molecule has 0 amide bonds. The minimum absolute atomic E-state index is 0.000641. The molecule has 3 rings (SSSR count). The second-order valence-corrected chi connectivity index (χ2v) is 12.7. The van der Waals surface area contributed by atoms with E-state index in [4.69, 9.17) is 0 Å². The van der Waals surface area contributed by atoms with E-state index in [9.17, 15) is 0 Å². The Balaban J connectivity index is 1.58. The van der Waals surface area contributed by atoms with E-state index in [1.54, 1.807) is 0 Å². The van der Waals surface area contributed by atoms with Crippen LogP contribution in [0.4, 0.5) is 0 Å². The molecule has 1 aromatic heterocycles. The molecule has 0 fully saturated rings. The molecule has 0 saturated heterocycles. The monoisotopic (exact) mass is 543 g/mol. The van der Waals surface area contributed by atoms with Gasteiger partial charge in [-0.15, -0.1) is 0 Å². The van der Waals surface area contributed by atoms with Crippen LogP contribution in [0.1, 0.15) is 153 Å². The number of aromatic nitrogens is 2. The lowest BCUT2D eigenvalue weighted by molar-refractivity contribution is -0.723. The second-order valence-electron chi connectivity index (χ2n) is 12.7. The first-order chi connectivity index (χ1) is 19.6. The van der Waals surface area contributed by atoms with Gasteiger partial charge in [0.25, 0.3) is 5.82 Å². The normalized spacial score (nSPS) is 13.9. The van der Waals surface area contributed by atoms with Gasteiger partial charge in [0.05, 0.1) is 12.0 Å². The number of nitrogens with zero attached hydrogens (tertiary/aromatic N) is 1. The minimum atomic E-state index is 0.000641. The van der Waals surface area contributed by atoms with Crippen LogP contribution in [-0.4, -0.2) is 4.98 Å². The van der Waals surface area contributed by atoms with E-state index in [2.05, 4.69) is 110 Å². The van der Waals surface area contributed by atoms with Crippen molar-refractivity contribution in [2.24, 2.45) is 0 Å². The molecule has 0 spiro atoms. The fraction of sp³-hybridized carbons (Fsp3) is 0.605. The summed E-state index contributed by atoms with van der Waals surface area (Å²) in [7, 11) is 0. The van der Waals surface area contributed by atoms with E-state index < -0.39 is 0 Å². The van der Waals surface area contributed by atoms with Crippen LogP contribution in [0.2, 0.25) is 0 Å². The largest absolute Gasteiger partial charge is 0.258 e. The van der Waals surface area contributed by atoms with E-state index in [0.717, 1.165) is 6.42 Å². The molecule has 1 heterocycles. The molecular weight excluding hydrogens is 484 g/mol. The Hall–Kier alpha value is -2.35. The zero-order valence-corrected chi connectivity index (χ0v) is 26.3. The van der Waals surface area contributed by atoms with Crippen molar-refractivity contribution < 1.29 is 4.57 Å². The summed E-state index contributed by atoms with van der Waals surface area (Å²) in [6.07, 6.45) is 26.3. The lowest BCUT2D eigenvalue weighted by atomic mass is 9.66. The van der Waals surface area contributed by atoms with Crippen LogP contribution in [0.15, 0.2) is 73.1 Å². The number of nitrogens with one attached hydrogen (secondary N) is 1. The third-order valence-electron chi connectivity index (χ3n) is 9.09. The number of hydrogen-bond donors (Lipinski definition) is 1. The molecular formula is C38H59N2+. The Morgan fingerprint density at radius 1 is 0.675 bits per heavy atom. The maximum Gasteiger partial charge on any atom is 0.258 e. The van der Waals surface area contributed by atoms with Crippen molar-refractivity contribution in [3.8, 4) is 0 Å². The minimum Gasteiger partial charge on any atom is -0.247 e. The van der Waals surface area contributed by atoms with Crippen LogP contribution in [-0.2, 0) is 11.8 Å². The first-order valence-corrected chi connectivity index (χ1v) is 16.7. The van der Waals surface area contributed by atoms with Crippen molar-refractivity contribution in [1.29, 1.82) is 0 Å². The molecule has 220 valence electrons. The quantitative estimate of drug-likeness (QED) is 0.102. The molecule has 0 aliphatic rings. The van der Waals surface area contributed by atoms with Gasteiger partial charge < -0.3 is 0 Å². The molecule has 2 nitrogen and oxygen atoms in total. The van der Waals surface area contributed by atoms with Crippen LogP contribution >= 0.6 is 0 Å². The molecule has 2 unspecified atom stereocenters. The molecule has 0 aliphatic carbocycles. The number of imidazole rings is 1. The highest BCUT2D eigenvalue weighted by molar-refractivity contribution is 5.32. The van der Waals surface area contributed by atoms with Crippen molar-refractivity contribution in [1.82, 2.24) is 4.98 Å². The smallest absolute Gasteiger partial charge is 0.247 e. The van der Waals surface area contributed by atoms with E-state index in [0.29, 0.717) is 12.0 Å². The van der Waals surface area contributed by atoms with Gasteiger partial charge in [0, 0.05) is 5.41 Å². The molecule has 1 N–H and O–H groups in total. The fourth-order valence-corrected chi connectivity index (χ4v) is 6.65. The number of hydrogen-bond acceptors (Lipinski definition) is 0. The van der Waals surface area contributed by atoms with Gasteiger partial charge in [-0.3, -0.25) is 0 Å². The number of aromatic amines is 1. The maximum atomic E-state index is 3.71. The standard InChI is InChI=1S/C38H58N2/c1-5-6-7-8-9-10-11-12-13-14-15-16-17-24-29-36(37-39-30-31-40(37)33(2)3)38(4,35-27-22-19-23-28-35)32-34-25-20-18-21-26-34/h18-23,25-28,30-31,33,36H,5-17,24,29,32H2,1-4H3/p+1. The summed E-state index contributed by atoms with van der Waals surface area (Å²) >= 11 is 0. The summed E-state index contributed by atoms with van der Waals surface area (Å²) in [5.41, 5.74) is 2.86. The predicted octanol–water partition coefficient (Wildman–Crippen LogP) is 11.0. The highest BCUT2D eigenvalue weighted by Crippen LogP contribution is 2.43. The number of benzene rings is 2. The summed E-state index contributed by atoms with van der Waals surface area (Å²) in [5, 5.41) is 0. The lowest BCUT2D eigenvalue weighted by Gasteiger charge is -2.37. The number of rotatable bonds is 21. The van der Waals surface area contributed by atoms with Gasteiger partial charge in [0.1, 0.15) is 12.4 Å². The molecule has 40 heavy (non-hydrogen) atoms. The average molecular weight is 544 g/mol. The molecule has 0 saturated carbocycles. The first-order valence-electron chi connectivity index (χ1n) is 16.7. The van der Waals surface area contributed by atoms with Gasteiger partial charge in [0.2, 0.25) is 0 Å². The summed E-state index contributed by atoms with van der Waals surface area (Å²) in [6.45, 7) is 9.42. The van der Waals surface area contributed by atoms with Gasteiger partial charge in [-0.1, -0.05) is 164 Å². The highest BCUT2D eigenvalue weighted by Gasteiger charge is 2.42. The Morgan fingerprint density at radius 2 is 1.18 bits per heavy atom. The first kappa shape index (κ1) is 32.2. The van der Waals surface area contributed by atoms with Crippen LogP contribution in [0, 0.1) is 0 Å². The molecule has 3 aromatic rings. The topological polar surface area (TPSA) is 19.7 Å². The Bertz CT molecular complexity index is 1020. The lowest BCUT2D eigenvalue weighted by Crippen LogP contribution is -2.45. The molecule has 0 bridgehead atoms. The Labute approximate surface area is 247 Å². The van der Waals surface area contributed by atoms with Crippen LogP contribution in [0.25, 0.3) is 0 Å². The zero-order valence-electron chi connectivity index (χ0n) is 26.3. The molecule has 2 heteroatoms. The van der Waals surface area contributed by atoms with Crippen molar-refractivity contribution >= 4 is 0 Å². The predicted molar refractivity (Wildman–Crippen MR) is 173 cm³/mol. The van der Waals surface area contributed by atoms with E-state index in [1.807, 2.05) is 0 Å². The third kappa shape index (κ3) is 10.2. The van der Waals surface area contributed by atoms with Crippen molar-refractivity contribution in [3.05, 3.63) is 90.0 Å². The van der Waals surface area contributed by atoms with E-state index >= 15 is 0 Å². The maximum absolute atomic E-state index is 3.71. The van der Waals surface area contributed by atoms with Gasteiger partial charge in [-0.2, -0.15) is 0 Å². The molecule has 2 atom stereocenters. The Kier molecular flexibility index (Phi) is 14.6. The van der Waals surface area contributed by atoms with Crippen molar-refractivity contribution in [2.75, 3.05) is 0 Å². The van der Waals surface area contributed by atoms with Gasteiger partial charge >= 0.3 is 0 Å². The molecule has 2 aromatic carbocycles. The van der Waals surface area contributed by atoms with E-state index in [1.165, 1.54) is 113 Å². The van der Waals surface area contributed by atoms with Gasteiger partial charge in [0.15, 0.2) is 0 Å². The SMILES string of the molecule is CCCCCCCCCCCCCCCCC(c1[nH]cc[n+]1C(C)C)C(C)(Cc1ccccc1)c1ccccc1. The fourth-order valence-electron chi connectivity index (χ4n) is 6.65. The zero-order chi connectivity index (χ0) is 28.5. The third-order valence-corrected chi connectivity index (χ3v) is 9.09. The number of unbranched alkanes of at least 4 members (excludes halogenated alkanes) is 13. The van der Waals surface area contributed by atoms with Gasteiger partial charge in [-0.25, -0.2) is 9.55 Å². The highest BCUT2D eigenvalue weighted by atomic mass is 15.1. The molecule has 0 aliphatic heterocycles. The van der Waals surface area contributed by atoms with Crippen LogP contribution < -0.4 is 4.57 Å². The van der Waals surface area contributed by atoms with E-state index in [-0.39, 0.29) is 5.41 Å². The van der Waals surface area contributed by atoms with Crippen LogP contribution in [0.3, 0.4) is 0 Å². The summed E-state index contributed by atoms with van der Waals surface area (Å²) in [4.78, 5) is 3.71. The molecule has 0 radical (unpaired) electrons. The van der Waals surface area contributed by atoms with Crippen molar-refractivity contribution in [2.45, 2.75) is 148 Å². The summed E-state index contributed by atoms with van der Waals surface area (Å²) in [5.74, 6) is 1.80. The summed E-state index contributed by atoms with van der Waals surface area (Å²) < 4.78 is 2.47. The second kappa shape index (κ2) is 18.2. The van der Waals surface area contributed by atoms with Gasteiger partial charge in [-0.05, 0) is 37.8 Å². The summed E-state index contributed by atoms with van der Waals surface area (Å²) in [6, 6.07) is 22.8. The Morgan fingerprint density at radius 3 is 1.70 bits per heavy atom. The van der Waals surface area contributed by atoms with Crippen molar-refractivity contribution in [3.63, 3.8) is 0 Å².